The molecule has 0 aliphatic rings. The first-order valence-electron chi connectivity index (χ1n) is 4.94. The average molecular weight is 285 g/mol. The Bertz CT molecular complexity index is 217. The van der Waals surface area contributed by atoms with Gasteiger partial charge in [0, 0.05) is 0 Å². The number of aliphatic hydroxyl groups excluding tert-OH is 1. The first-order valence-corrected chi connectivity index (χ1v) is 5.74. The fraction of sp³-hybridized carbons (Fsp3) is 0.900. The van der Waals surface area contributed by atoms with E-state index in [0.717, 1.165) is 0 Å². The molecule has 1 N–H and O–H groups in total. The van der Waals surface area contributed by atoms with Crippen molar-refractivity contribution in [3.63, 3.8) is 0 Å². The highest BCUT2D eigenvalue weighted by Gasteiger charge is 2.45. The molecule has 0 aliphatic carbocycles. The Kier molecular flexibility index (Phi) is 5.73. The summed E-state index contributed by atoms with van der Waals surface area (Å²) in [6.45, 7) is 6.91. The fourth-order valence-electron chi connectivity index (χ4n) is 1.02. The molecule has 0 rings (SSSR count). The predicted octanol–water partition coefficient (Wildman–Crippen LogP) is 2.41. The van der Waals surface area contributed by atoms with Crippen molar-refractivity contribution in [2.24, 2.45) is 5.92 Å². The molecule has 3 nitrogen and oxygen atoms in total. The van der Waals surface area contributed by atoms with Gasteiger partial charge in [-0.1, -0.05) is 13.8 Å². The first kappa shape index (κ1) is 14.8. The Morgan fingerprint density at radius 3 is 2.27 bits per heavy atom. The summed E-state index contributed by atoms with van der Waals surface area (Å²) in [4.78, 5) is 11.3. The number of carbonyl (C=O) groups is 1. The van der Waals surface area contributed by atoms with Crippen LogP contribution < -0.4 is 0 Å². The van der Waals surface area contributed by atoms with Crippen molar-refractivity contribution < 1.29 is 19.0 Å². The van der Waals surface area contributed by atoms with Gasteiger partial charge in [0.1, 0.15) is 6.10 Å². The second kappa shape index (κ2) is 5.80. The summed E-state index contributed by atoms with van der Waals surface area (Å²) in [6.07, 6.45) is -1.62. The number of hydrogen-bond donors (Lipinski definition) is 1. The second-order valence-electron chi connectivity index (χ2n) is 4.22. The third kappa shape index (κ3) is 4.93. The quantitative estimate of drug-likeness (QED) is 0.623. The molecule has 0 saturated heterocycles. The maximum Gasteiger partial charge on any atom is 0.358 e. The molecule has 0 aromatic heterocycles. The van der Waals surface area contributed by atoms with Crippen molar-refractivity contribution in [1.29, 1.82) is 0 Å². The third-order valence-electron chi connectivity index (χ3n) is 1.73. The Morgan fingerprint density at radius 2 is 1.93 bits per heavy atom. The van der Waals surface area contributed by atoms with E-state index in [9.17, 15) is 14.3 Å². The number of rotatable bonds is 5. The van der Waals surface area contributed by atoms with Crippen LogP contribution >= 0.6 is 15.9 Å². The van der Waals surface area contributed by atoms with Gasteiger partial charge >= 0.3 is 5.97 Å². The number of ether oxygens (including phenoxy) is 1. The summed E-state index contributed by atoms with van der Waals surface area (Å²) in [7, 11) is 0. The number of esters is 1. The van der Waals surface area contributed by atoms with Crippen LogP contribution in [0.15, 0.2) is 0 Å². The van der Waals surface area contributed by atoms with E-state index in [1.165, 1.54) is 0 Å². The van der Waals surface area contributed by atoms with Gasteiger partial charge in [0.05, 0.1) is 6.10 Å². The summed E-state index contributed by atoms with van der Waals surface area (Å²) in [5.74, 6) is -0.981. The lowest BCUT2D eigenvalue weighted by Gasteiger charge is -2.24. The van der Waals surface area contributed by atoms with E-state index in [-0.39, 0.29) is 12.3 Å². The summed E-state index contributed by atoms with van der Waals surface area (Å²) in [6, 6.07) is 0. The molecule has 0 fully saturated rings. The lowest BCUT2D eigenvalue weighted by Crippen LogP contribution is -2.42. The third-order valence-corrected chi connectivity index (χ3v) is 2.58. The van der Waals surface area contributed by atoms with Crippen molar-refractivity contribution in [3.8, 4) is 0 Å². The van der Waals surface area contributed by atoms with E-state index in [0.29, 0.717) is 0 Å². The molecule has 0 saturated carbocycles. The van der Waals surface area contributed by atoms with Crippen molar-refractivity contribution in [1.82, 2.24) is 0 Å². The molecule has 0 aliphatic heterocycles. The summed E-state index contributed by atoms with van der Waals surface area (Å²) in [5, 5.41) is 9.51. The van der Waals surface area contributed by atoms with Gasteiger partial charge in [-0.25, -0.2) is 9.18 Å². The molecule has 5 heteroatoms. The van der Waals surface area contributed by atoms with Crippen LogP contribution in [0.4, 0.5) is 4.39 Å². The summed E-state index contributed by atoms with van der Waals surface area (Å²) >= 11 is 2.58. The second-order valence-corrected chi connectivity index (χ2v) is 5.38. The maximum absolute atomic E-state index is 13.8. The van der Waals surface area contributed by atoms with Gasteiger partial charge in [-0.3, -0.25) is 0 Å². The fourth-order valence-corrected chi connectivity index (χ4v) is 1.30. The van der Waals surface area contributed by atoms with Crippen molar-refractivity contribution in [2.45, 2.75) is 50.9 Å². The Labute approximate surface area is 98.1 Å². The normalized spacial score (nSPS) is 17.7. The molecule has 0 spiro atoms. The number of carbonyl (C=O) groups excluding carboxylic acids is 1. The van der Waals surface area contributed by atoms with Crippen LogP contribution in [0.2, 0.25) is 0 Å². The molecule has 15 heavy (non-hydrogen) atoms. The van der Waals surface area contributed by atoms with E-state index in [1.54, 1.807) is 13.8 Å². The van der Waals surface area contributed by atoms with Gasteiger partial charge in [0.2, 0.25) is 0 Å². The van der Waals surface area contributed by atoms with Gasteiger partial charge in [0.15, 0.2) is 0 Å². The van der Waals surface area contributed by atoms with Gasteiger partial charge in [-0.15, -0.1) is 0 Å². The molecule has 0 radical (unpaired) electrons. The summed E-state index contributed by atoms with van der Waals surface area (Å²) < 4.78 is 16.0. The largest absolute Gasteiger partial charge is 0.460 e. The number of alkyl halides is 2. The van der Waals surface area contributed by atoms with E-state index in [2.05, 4.69) is 15.9 Å². The highest BCUT2D eigenvalue weighted by molar-refractivity contribution is 9.10. The van der Waals surface area contributed by atoms with E-state index in [1.807, 2.05) is 13.8 Å². The molecule has 0 bridgehead atoms. The predicted molar refractivity (Wildman–Crippen MR) is 59.5 cm³/mol. The first-order chi connectivity index (χ1) is 6.67. The van der Waals surface area contributed by atoms with Gasteiger partial charge < -0.3 is 9.84 Å². The van der Waals surface area contributed by atoms with Crippen LogP contribution in [0.1, 0.15) is 34.1 Å². The monoisotopic (exact) mass is 284 g/mol. The molecule has 0 amide bonds. The minimum Gasteiger partial charge on any atom is -0.460 e. The standard InChI is InChI=1S/C10H18BrFO3/c1-6(2)5-8(13)10(11,12)9(14)15-7(3)4/h6-8,13H,5H2,1-4H3/t8-,10-/m0/s1. The van der Waals surface area contributed by atoms with Crippen LogP contribution in [-0.2, 0) is 9.53 Å². The topological polar surface area (TPSA) is 46.5 Å². The molecule has 0 aromatic rings. The van der Waals surface area contributed by atoms with Crippen molar-refractivity contribution in [3.05, 3.63) is 0 Å². The number of halogens is 2. The molecule has 0 aromatic carbocycles. The molecular formula is C10H18BrFO3. The van der Waals surface area contributed by atoms with Gasteiger partial charge in [-0.2, -0.15) is 0 Å². The van der Waals surface area contributed by atoms with Gasteiger partial charge in [-0.05, 0) is 42.1 Å². The summed E-state index contributed by atoms with van der Waals surface area (Å²) in [5.41, 5.74) is 0. The lowest BCUT2D eigenvalue weighted by molar-refractivity contribution is -0.160. The van der Waals surface area contributed by atoms with Crippen LogP contribution in [0.3, 0.4) is 0 Å². The zero-order valence-corrected chi connectivity index (χ0v) is 11.0. The average Bonchev–Trinajstić information content (AvgIpc) is 2.01. The molecule has 90 valence electrons. The molecule has 0 heterocycles. The smallest absolute Gasteiger partial charge is 0.358 e. The zero-order chi connectivity index (χ0) is 12.2. The van der Waals surface area contributed by atoms with Crippen molar-refractivity contribution in [2.75, 3.05) is 0 Å². The molecule has 2 atom stereocenters. The molecule has 0 unspecified atom stereocenters. The van der Waals surface area contributed by atoms with Crippen LogP contribution in [0.25, 0.3) is 0 Å². The number of aliphatic hydroxyl groups is 1. The maximum atomic E-state index is 13.8. The minimum absolute atomic E-state index is 0.0968. The Hall–Kier alpha value is -0.160. The van der Waals surface area contributed by atoms with Crippen LogP contribution in [0, 0.1) is 5.92 Å². The van der Waals surface area contributed by atoms with Crippen molar-refractivity contribution >= 4 is 21.9 Å². The van der Waals surface area contributed by atoms with E-state index < -0.39 is 22.8 Å². The molecular weight excluding hydrogens is 267 g/mol. The highest BCUT2D eigenvalue weighted by atomic mass is 79.9. The van der Waals surface area contributed by atoms with Crippen LogP contribution in [-0.4, -0.2) is 27.9 Å². The SMILES string of the molecule is CC(C)C[C@H](O)[C@@](F)(Br)C(=O)OC(C)C. The minimum atomic E-state index is -2.51. The Balaban J connectivity index is 4.44. The zero-order valence-electron chi connectivity index (χ0n) is 9.46. The number of hydrogen-bond acceptors (Lipinski definition) is 3. The van der Waals surface area contributed by atoms with E-state index in [4.69, 9.17) is 4.74 Å². The van der Waals surface area contributed by atoms with E-state index >= 15 is 0 Å². The van der Waals surface area contributed by atoms with Crippen LogP contribution in [0.5, 0.6) is 0 Å². The Morgan fingerprint density at radius 1 is 1.47 bits per heavy atom. The van der Waals surface area contributed by atoms with Gasteiger partial charge in [0.25, 0.3) is 4.58 Å². The highest BCUT2D eigenvalue weighted by Crippen LogP contribution is 2.30. The lowest BCUT2D eigenvalue weighted by atomic mass is 10.0.